The van der Waals surface area contributed by atoms with Crippen LogP contribution in [0.25, 0.3) is 21.5 Å². The first-order valence-electron chi connectivity index (χ1n) is 24.4. The van der Waals surface area contributed by atoms with Gasteiger partial charge in [-0.05, 0) is 145 Å². The molecule has 0 fully saturated rings. The lowest BCUT2D eigenvalue weighted by Crippen LogP contribution is -2.02. The Morgan fingerprint density at radius 1 is 0.371 bits per heavy atom. The molecule has 0 spiro atoms. The van der Waals surface area contributed by atoms with Crippen molar-refractivity contribution in [1.82, 2.24) is 0 Å². The lowest BCUT2D eigenvalue weighted by Gasteiger charge is -2.14. The summed E-state index contributed by atoms with van der Waals surface area (Å²) in [6.07, 6.45) is 0. The van der Waals surface area contributed by atoms with Gasteiger partial charge in [-0.25, -0.2) is 0 Å². The van der Waals surface area contributed by atoms with Gasteiger partial charge in [-0.15, -0.1) is 40.9 Å². The third-order valence-electron chi connectivity index (χ3n) is 12.1. The fourth-order valence-electron chi connectivity index (χ4n) is 8.30. The quantitative estimate of drug-likeness (QED) is 0.0222. The van der Waals surface area contributed by atoms with Gasteiger partial charge in [-0.1, -0.05) is 0 Å². The number of hydrogen-bond acceptors (Lipinski definition) is 27. The second-order valence-electron chi connectivity index (χ2n) is 18.5. The fourth-order valence-corrected chi connectivity index (χ4v) is 11.8. The molecule has 8 rings (SSSR count). The molecule has 0 saturated carbocycles. The van der Waals surface area contributed by atoms with Gasteiger partial charge < -0.3 is 35.2 Å². The Kier molecular flexibility index (Phi) is 18.7. The molecule has 0 atom stereocenters. The van der Waals surface area contributed by atoms with Crippen LogP contribution in [-0.4, -0.2) is 125 Å². The van der Waals surface area contributed by atoms with Crippen molar-refractivity contribution in [2.75, 3.05) is 31.7 Å². The number of hydrogen-bond donors (Lipinski definition) is 11. The van der Waals surface area contributed by atoms with E-state index in [4.69, 9.17) is 9.47 Å². The molecule has 0 saturated heterocycles. The molecule has 11 N–H and O–H groups in total. The highest BCUT2D eigenvalue weighted by atomic mass is 32.2. The Morgan fingerprint density at radius 3 is 0.989 bits per heavy atom. The van der Waals surface area contributed by atoms with E-state index >= 15 is 0 Å². The minimum absolute atomic E-state index is 0.0424. The van der Waals surface area contributed by atoms with Gasteiger partial charge in [0.2, 0.25) is 0 Å². The third kappa shape index (κ3) is 15.3. The second-order valence-corrected chi connectivity index (χ2v) is 26.9. The summed E-state index contributed by atoms with van der Waals surface area (Å²) in [5.41, 5.74) is -3.42. The van der Waals surface area contributed by atoms with Crippen molar-refractivity contribution < 1.29 is 108 Å². The summed E-state index contributed by atoms with van der Waals surface area (Å²) in [4.78, 5) is -5.49. The van der Waals surface area contributed by atoms with Crippen LogP contribution in [0, 0.1) is 13.8 Å². The SMILES string of the molecule is Cc1cc(N=Nc2cc(S(=O)(=O)O)ccc2S(=O)(=O)O)c(OCCO)c(N=Nc2c(S(=O)(=O)O)cc3cc(Nc4ccc5c(O)c(N=Nc6cc(C)cc(N=Nc7cc(S(=O)(=O)O)ccc7S(=O)(=O)O)c6OCCO)c(S(=O)(=O)O)cc5c4)ccc3c2O)c1. The second kappa shape index (κ2) is 25.3. The molecular weight excluding hydrogens is 1300 g/mol. The van der Waals surface area contributed by atoms with Gasteiger partial charge in [0.1, 0.15) is 78.3 Å². The zero-order valence-corrected chi connectivity index (χ0v) is 49.8. The number of phenols is 2. The van der Waals surface area contributed by atoms with Crippen molar-refractivity contribution in [1.29, 1.82) is 0 Å². The number of benzene rings is 8. The molecule has 0 bridgehead atoms. The Morgan fingerprint density at radius 2 is 0.685 bits per heavy atom. The summed E-state index contributed by atoms with van der Waals surface area (Å²) in [6, 6.07) is 18.8. The fraction of sp³-hybridized carbons (Fsp3) is 0.120. The minimum Gasteiger partial charge on any atom is -0.505 e. The number of azo groups is 4. The first kappa shape index (κ1) is 66.0. The van der Waals surface area contributed by atoms with Gasteiger partial charge >= 0.3 is 0 Å². The van der Waals surface area contributed by atoms with Crippen LogP contribution in [0.2, 0.25) is 0 Å². The Hall–Kier alpha value is -8.94. The first-order valence-corrected chi connectivity index (χ1v) is 33.0. The van der Waals surface area contributed by atoms with Gasteiger partial charge in [-0.2, -0.15) is 50.5 Å². The minimum atomic E-state index is -5.27. The van der Waals surface area contributed by atoms with Crippen LogP contribution in [0.1, 0.15) is 11.1 Å². The van der Waals surface area contributed by atoms with Crippen molar-refractivity contribution >= 4 is 139 Å². The highest BCUT2D eigenvalue weighted by Gasteiger charge is 2.27. The zero-order chi connectivity index (χ0) is 65.3. The molecule has 0 radical (unpaired) electrons. The van der Waals surface area contributed by atoms with E-state index in [1.54, 1.807) is 0 Å². The number of nitrogens with zero attached hydrogens (tertiary/aromatic N) is 8. The Bertz CT molecular complexity index is 4770. The highest BCUT2D eigenvalue weighted by molar-refractivity contribution is 7.87. The summed E-state index contributed by atoms with van der Waals surface area (Å²) in [7, 11) is -30.5. The normalized spacial score (nSPS) is 13.0. The maximum atomic E-state index is 12.9. The molecule has 0 aliphatic heterocycles. The lowest BCUT2D eigenvalue weighted by atomic mass is 10.1. The van der Waals surface area contributed by atoms with E-state index in [1.165, 1.54) is 74.5 Å². The lowest BCUT2D eigenvalue weighted by molar-refractivity contribution is 0.202. The summed E-state index contributed by atoms with van der Waals surface area (Å²) in [5.74, 6) is -2.42. The van der Waals surface area contributed by atoms with E-state index in [-0.39, 0.29) is 67.2 Å². The van der Waals surface area contributed by atoms with Crippen LogP contribution in [-0.2, 0) is 60.7 Å². The molecule has 8 aromatic rings. The highest BCUT2D eigenvalue weighted by Crippen LogP contribution is 2.48. The number of aliphatic hydroxyl groups is 2. The van der Waals surface area contributed by atoms with Gasteiger partial charge in [0.25, 0.3) is 60.7 Å². The summed E-state index contributed by atoms with van der Waals surface area (Å²) < 4.78 is 218. The molecule has 8 aromatic carbocycles. The van der Waals surface area contributed by atoms with Crippen LogP contribution in [0.3, 0.4) is 0 Å². The molecule has 0 amide bonds. The molecule has 0 aliphatic rings. The van der Waals surface area contributed by atoms with Crippen LogP contribution >= 0.6 is 0 Å². The summed E-state index contributed by atoms with van der Waals surface area (Å²) in [5, 5.41) is 76.3. The Labute approximate surface area is 503 Å². The summed E-state index contributed by atoms with van der Waals surface area (Å²) >= 11 is 0. The number of rotatable bonds is 22. The van der Waals surface area contributed by atoms with Crippen molar-refractivity contribution in [3.63, 3.8) is 0 Å². The number of anilines is 2. The molecule has 468 valence electrons. The van der Waals surface area contributed by atoms with E-state index in [2.05, 4.69) is 46.2 Å². The monoisotopic (exact) mass is 1350 g/mol. The molecule has 39 heteroatoms. The van der Waals surface area contributed by atoms with Crippen molar-refractivity contribution in [3.05, 3.63) is 120 Å². The molecule has 33 nitrogen and oxygen atoms in total. The Balaban J connectivity index is 1.14. The largest absolute Gasteiger partial charge is 0.505 e. The zero-order valence-electron chi connectivity index (χ0n) is 44.9. The van der Waals surface area contributed by atoms with Crippen LogP contribution in [0.4, 0.5) is 56.9 Å². The number of fused-ring (bicyclic) bond motifs is 2. The topological polar surface area (TPSA) is 537 Å². The van der Waals surface area contributed by atoms with Gasteiger partial charge in [0.15, 0.2) is 23.0 Å². The number of aryl methyl sites for hydroxylation is 2. The van der Waals surface area contributed by atoms with Gasteiger partial charge in [0, 0.05) is 22.1 Å². The van der Waals surface area contributed by atoms with Gasteiger partial charge in [-0.3, -0.25) is 27.3 Å². The number of ether oxygens (including phenoxy) is 2. The van der Waals surface area contributed by atoms with E-state index in [1.807, 2.05) is 0 Å². The molecule has 89 heavy (non-hydrogen) atoms. The van der Waals surface area contributed by atoms with Crippen molar-refractivity contribution in [2.45, 2.75) is 43.2 Å². The van der Waals surface area contributed by atoms with E-state index in [9.17, 15) is 98.2 Å². The maximum absolute atomic E-state index is 12.9. The standard InChI is InChI=1S/C50H43N9O24S6/c1-25-15-37(54-52-35-23-31(84(64,65)66)5-9-41(35)86(70,71)72)49(82-13-11-60)39(17-25)56-58-45-43(88(76,77)78)21-27-19-29(3-7-33(27)47(45)62)51-30-4-8-34-28(20-30)22-44(89(79,80)81)46(48(34)63)59-57-40-18-26(2)16-38(50(40)83-14-12-61)55-53-36-24-32(85(67,68)69)6-10-42(36)87(73,74)75/h3-10,15-24,51,60-63H,11-14H2,1-2H3,(H,64,65,66)(H,67,68,69)(H,70,71,72)(H,73,74,75)(H,76,77,78)(H,79,80,81). The van der Waals surface area contributed by atoms with Crippen LogP contribution in [0.15, 0.2) is 179 Å². The molecule has 0 unspecified atom stereocenters. The summed E-state index contributed by atoms with van der Waals surface area (Å²) in [6.45, 7) is 0.838. The van der Waals surface area contributed by atoms with E-state index < -0.39 is 151 Å². The van der Waals surface area contributed by atoms with Crippen LogP contribution in [0.5, 0.6) is 23.0 Å². The molecule has 0 heterocycles. The van der Waals surface area contributed by atoms with Crippen molar-refractivity contribution in [3.8, 4) is 23.0 Å². The third-order valence-corrected chi connectivity index (χ3v) is 17.3. The predicted molar refractivity (Wildman–Crippen MR) is 311 cm³/mol. The molecule has 0 aromatic heterocycles. The van der Waals surface area contributed by atoms with Crippen molar-refractivity contribution in [2.24, 2.45) is 40.9 Å². The maximum Gasteiger partial charge on any atom is 0.296 e. The number of nitrogens with one attached hydrogen (secondary N) is 1. The average Bonchev–Trinajstić information content (AvgIpc) is 0.814. The number of aromatic hydroxyl groups is 2. The average molecular weight is 1350 g/mol. The first-order chi connectivity index (χ1) is 41.5. The number of phenolic OH excluding ortho intramolecular Hbond substituents is 2. The van der Waals surface area contributed by atoms with E-state index in [0.717, 1.165) is 12.1 Å². The number of aliphatic hydroxyl groups excluding tert-OH is 2. The molecular formula is C50H43N9O24S6. The van der Waals surface area contributed by atoms with Crippen LogP contribution < -0.4 is 14.8 Å². The smallest absolute Gasteiger partial charge is 0.296 e. The van der Waals surface area contributed by atoms with Gasteiger partial charge in [0.05, 0.1) is 23.0 Å². The van der Waals surface area contributed by atoms with E-state index in [0.29, 0.717) is 47.5 Å². The molecule has 0 aliphatic carbocycles. The predicted octanol–water partition coefficient (Wildman–Crippen LogP) is 9.65.